The predicted octanol–water partition coefficient (Wildman–Crippen LogP) is 5.52. The summed E-state index contributed by atoms with van der Waals surface area (Å²) in [4.78, 5) is 12.6. The molecule has 1 amide bonds. The quantitative estimate of drug-likeness (QED) is 0.548. The summed E-state index contributed by atoms with van der Waals surface area (Å²) >= 11 is 6.24. The summed E-state index contributed by atoms with van der Waals surface area (Å²) in [5.41, 5.74) is 1.72. The molecule has 0 spiro atoms. The molecule has 1 heterocycles. The van der Waals surface area contributed by atoms with Gasteiger partial charge in [0.25, 0.3) is 5.91 Å². The Labute approximate surface area is 168 Å². The Morgan fingerprint density at radius 3 is 2.57 bits per heavy atom. The molecule has 0 fully saturated rings. The van der Waals surface area contributed by atoms with E-state index in [0.717, 1.165) is 17.7 Å². The van der Waals surface area contributed by atoms with Gasteiger partial charge in [-0.15, -0.1) is 0 Å². The van der Waals surface area contributed by atoms with Crippen molar-refractivity contribution in [3.8, 4) is 17.1 Å². The number of furan rings is 1. The van der Waals surface area contributed by atoms with Gasteiger partial charge in [-0.3, -0.25) is 4.79 Å². The van der Waals surface area contributed by atoms with Crippen LogP contribution in [0.15, 0.2) is 59.0 Å². The molecule has 0 bridgehead atoms. The van der Waals surface area contributed by atoms with Crippen molar-refractivity contribution in [3.63, 3.8) is 0 Å². The van der Waals surface area contributed by atoms with Crippen LogP contribution >= 0.6 is 11.6 Å². The van der Waals surface area contributed by atoms with Gasteiger partial charge in [0, 0.05) is 11.1 Å². The fourth-order valence-corrected chi connectivity index (χ4v) is 2.75. The maximum Gasteiger partial charge on any atom is 0.255 e. The van der Waals surface area contributed by atoms with Crippen molar-refractivity contribution in [2.24, 2.45) is 0 Å². The van der Waals surface area contributed by atoms with Crippen LogP contribution in [0.2, 0.25) is 5.02 Å². The maximum absolute atomic E-state index is 12.6. The van der Waals surface area contributed by atoms with Crippen LogP contribution in [0.4, 0.5) is 5.69 Å². The molecule has 3 rings (SSSR count). The summed E-state index contributed by atoms with van der Waals surface area (Å²) in [5, 5.41) is 12.4. The second-order valence-corrected chi connectivity index (χ2v) is 6.84. The van der Waals surface area contributed by atoms with Gasteiger partial charge in [-0.1, -0.05) is 18.5 Å². The smallest absolute Gasteiger partial charge is 0.255 e. The van der Waals surface area contributed by atoms with E-state index in [1.807, 2.05) is 6.92 Å². The largest absolute Gasteiger partial charge is 0.491 e. The Kier molecular flexibility index (Phi) is 6.39. The van der Waals surface area contributed by atoms with E-state index in [1.165, 1.54) is 0 Å². The highest BCUT2D eigenvalue weighted by Gasteiger charge is 2.12. The van der Waals surface area contributed by atoms with Crippen LogP contribution in [0.5, 0.6) is 5.75 Å². The van der Waals surface area contributed by atoms with Crippen molar-refractivity contribution < 1.29 is 19.1 Å². The van der Waals surface area contributed by atoms with Gasteiger partial charge in [-0.2, -0.15) is 0 Å². The van der Waals surface area contributed by atoms with Crippen molar-refractivity contribution in [3.05, 3.63) is 70.9 Å². The molecule has 1 aromatic heterocycles. The van der Waals surface area contributed by atoms with E-state index in [4.69, 9.17) is 25.9 Å². The molecule has 0 saturated heterocycles. The fourth-order valence-electron chi connectivity index (χ4n) is 2.59. The average Bonchev–Trinajstić information content (AvgIpc) is 3.19. The Balaban J connectivity index is 1.75. The molecule has 1 atom stereocenters. The summed E-state index contributed by atoms with van der Waals surface area (Å²) in [6, 6.07) is 15.7. The monoisotopic (exact) mass is 399 g/mol. The summed E-state index contributed by atoms with van der Waals surface area (Å²) in [6.45, 7) is 3.88. The third kappa shape index (κ3) is 4.74. The first-order chi connectivity index (χ1) is 13.5. The van der Waals surface area contributed by atoms with Crippen LogP contribution in [0, 0.1) is 0 Å². The van der Waals surface area contributed by atoms with Gasteiger partial charge in [0.1, 0.15) is 23.9 Å². The molecule has 0 aliphatic heterocycles. The Morgan fingerprint density at radius 1 is 1.18 bits per heavy atom. The molecule has 0 aliphatic rings. The second kappa shape index (κ2) is 8.95. The number of carbonyl (C=O) groups is 1. The van der Waals surface area contributed by atoms with Crippen molar-refractivity contribution in [1.82, 2.24) is 0 Å². The molecule has 0 radical (unpaired) electrons. The number of anilines is 1. The van der Waals surface area contributed by atoms with E-state index in [9.17, 15) is 4.79 Å². The number of aliphatic hydroxyl groups excluding tert-OH is 1. The third-order valence-electron chi connectivity index (χ3n) is 4.35. The lowest BCUT2D eigenvalue weighted by Crippen LogP contribution is -2.13. The van der Waals surface area contributed by atoms with Crippen LogP contribution in [-0.2, 0) is 6.61 Å². The summed E-state index contributed by atoms with van der Waals surface area (Å²) < 4.78 is 11.3. The van der Waals surface area contributed by atoms with Gasteiger partial charge in [0.2, 0.25) is 0 Å². The van der Waals surface area contributed by atoms with Gasteiger partial charge in [0.05, 0.1) is 16.8 Å². The molecule has 0 unspecified atom stereocenters. The molecule has 0 saturated carbocycles. The SMILES string of the molecule is CC[C@@H](C)Oc1ccc(C(=O)Nc2cc(-c3ccc(CO)o3)ccc2Cl)cc1. The first-order valence-corrected chi connectivity index (χ1v) is 9.45. The third-order valence-corrected chi connectivity index (χ3v) is 4.67. The molecule has 2 aromatic carbocycles. The molecular weight excluding hydrogens is 378 g/mol. The highest BCUT2D eigenvalue weighted by Crippen LogP contribution is 2.30. The lowest BCUT2D eigenvalue weighted by atomic mass is 10.1. The lowest BCUT2D eigenvalue weighted by molar-refractivity contribution is 0.102. The van der Waals surface area contributed by atoms with Gasteiger partial charge < -0.3 is 19.6 Å². The minimum atomic E-state index is -0.273. The standard InChI is InChI=1S/C22H22ClNO4/c1-3-14(2)27-17-7-4-15(5-8-17)22(26)24-20-12-16(6-10-19(20)23)21-11-9-18(13-25)28-21/h4-12,14,25H,3,13H2,1-2H3,(H,24,26)/t14-/m1/s1. The molecular formula is C22H22ClNO4. The molecule has 2 N–H and O–H groups in total. The molecule has 3 aromatic rings. The first-order valence-electron chi connectivity index (χ1n) is 9.07. The number of rotatable bonds is 7. The van der Waals surface area contributed by atoms with Gasteiger partial charge >= 0.3 is 0 Å². The van der Waals surface area contributed by atoms with Crippen molar-refractivity contribution in [1.29, 1.82) is 0 Å². The Morgan fingerprint density at radius 2 is 1.93 bits per heavy atom. The number of ether oxygens (including phenoxy) is 1. The van der Waals surface area contributed by atoms with E-state index < -0.39 is 0 Å². The number of hydrogen-bond donors (Lipinski definition) is 2. The maximum atomic E-state index is 12.6. The normalized spacial score (nSPS) is 11.9. The highest BCUT2D eigenvalue weighted by atomic mass is 35.5. The van der Waals surface area contributed by atoms with Crippen LogP contribution in [-0.4, -0.2) is 17.1 Å². The highest BCUT2D eigenvalue weighted by molar-refractivity contribution is 6.34. The zero-order valence-corrected chi connectivity index (χ0v) is 16.5. The average molecular weight is 400 g/mol. The second-order valence-electron chi connectivity index (χ2n) is 6.43. The van der Waals surface area contributed by atoms with Crippen LogP contribution in [0.25, 0.3) is 11.3 Å². The molecule has 5 nitrogen and oxygen atoms in total. The van der Waals surface area contributed by atoms with Crippen molar-refractivity contribution in [2.75, 3.05) is 5.32 Å². The van der Waals surface area contributed by atoms with Crippen LogP contribution in [0.1, 0.15) is 36.4 Å². The van der Waals surface area contributed by atoms with Gasteiger partial charge in [0.15, 0.2) is 0 Å². The lowest BCUT2D eigenvalue weighted by Gasteiger charge is -2.13. The summed E-state index contributed by atoms with van der Waals surface area (Å²) in [6.07, 6.45) is 1.03. The van der Waals surface area contributed by atoms with Gasteiger partial charge in [-0.25, -0.2) is 0 Å². The van der Waals surface area contributed by atoms with Crippen molar-refractivity contribution >= 4 is 23.2 Å². The molecule has 0 aliphatic carbocycles. The molecule has 146 valence electrons. The first kappa shape index (κ1) is 20.0. The number of carbonyl (C=O) groups excluding carboxylic acids is 1. The number of hydrogen-bond acceptors (Lipinski definition) is 4. The summed E-state index contributed by atoms with van der Waals surface area (Å²) in [7, 11) is 0. The molecule has 28 heavy (non-hydrogen) atoms. The number of nitrogens with one attached hydrogen (secondary N) is 1. The summed E-state index contributed by atoms with van der Waals surface area (Å²) in [5.74, 6) is 1.51. The fraction of sp³-hybridized carbons (Fsp3) is 0.227. The van der Waals surface area contributed by atoms with Crippen molar-refractivity contribution in [2.45, 2.75) is 33.0 Å². The Bertz CT molecular complexity index is 949. The Hall–Kier alpha value is -2.76. The van der Waals surface area contributed by atoms with Crippen LogP contribution < -0.4 is 10.1 Å². The predicted molar refractivity (Wildman–Crippen MR) is 110 cm³/mol. The number of amides is 1. The zero-order chi connectivity index (χ0) is 20.1. The minimum Gasteiger partial charge on any atom is -0.491 e. The van der Waals surface area contributed by atoms with E-state index >= 15 is 0 Å². The number of benzene rings is 2. The van der Waals surface area contributed by atoms with E-state index in [0.29, 0.717) is 27.8 Å². The number of halogens is 1. The number of aliphatic hydroxyl groups is 1. The minimum absolute atomic E-state index is 0.120. The van der Waals surface area contributed by atoms with E-state index in [-0.39, 0.29) is 18.6 Å². The van der Waals surface area contributed by atoms with E-state index in [2.05, 4.69) is 12.2 Å². The van der Waals surface area contributed by atoms with Gasteiger partial charge in [-0.05, 0) is 67.9 Å². The molecule has 6 heteroatoms. The van der Waals surface area contributed by atoms with Crippen LogP contribution in [0.3, 0.4) is 0 Å². The van der Waals surface area contributed by atoms with E-state index in [1.54, 1.807) is 54.6 Å². The zero-order valence-electron chi connectivity index (χ0n) is 15.7. The topological polar surface area (TPSA) is 71.7 Å².